The Morgan fingerprint density at radius 3 is 2.60 bits per heavy atom. The number of hydrogen-bond donors (Lipinski definition) is 1. The predicted molar refractivity (Wildman–Crippen MR) is 58.9 cm³/mol. The van der Waals surface area contributed by atoms with Crippen LogP contribution in [0.5, 0.6) is 0 Å². The van der Waals surface area contributed by atoms with Crippen LogP contribution in [0.4, 0.5) is 0 Å². The zero-order valence-corrected chi connectivity index (χ0v) is 9.95. The fraction of sp³-hybridized carbons (Fsp3) is 0.909. The van der Waals surface area contributed by atoms with E-state index in [1.807, 2.05) is 0 Å². The number of carbonyl (C=O) groups is 1. The number of hydrogen-bond acceptors (Lipinski definition) is 3. The largest absolute Gasteiger partial charge is 0.330 e. The van der Waals surface area contributed by atoms with E-state index in [1.54, 1.807) is 0 Å². The molecule has 2 N–H and O–H groups in total. The van der Waals surface area contributed by atoms with E-state index in [4.69, 9.17) is 10.6 Å². The fourth-order valence-electron chi connectivity index (χ4n) is 1.84. The van der Waals surface area contributed by atoms with Gasteiger partial charge < -0.3 is 5.73 Å². The first kappa shape index (κ1) is 12.5. The Kier molecular flexibility index (Phi) is 4.11. The lowest BCUT2D eigenvalue weighted by atomic mass is 9.84. The minimum atomic E-state index is -0.108. The Bertz CT molecular complexity index is 217. The summed E-state index contributed by atoms with van der Waals surface area (Å²) in [4.78, 5) is 17.2. The molecule has 1 rings (SSSR count). The van der Waals surface area contributed by atoms with Crippen LogP contribution in [0.3, 0.4) is 0 Å². The summed E-state index contributed by atoms with van der Waals surface area (Å²) in [5, 5.41) is 1.48. The van der Waals surface area contributed by atoms with Crippen LogP contribution in [0.25, 0.3) is 0 Å². The molecule has 88 valence electrons. The molecule has 0 saturated carbocycles. The molecular formula is C11H22N2O2. The summed E-state index contributed by atoms with van der Waals surface area (Å²) in [6, 6.07) is 0. The molecule has 1 aliphatic heterocycles. The number of hydroxylamine groups is 2. The first-order chi connectivity index (χ1) is 6.94. The van der Waals surface area contributed by atoms with Crippen molar-refractivity contribution < 1.29 is 9.63 Å². The lowest BCUT2D eigenvalue weighted by molar-refractivity contribution is -0.174. The zero-order valence-electron chi connectivity index (χ0n) is 9.95. The second-order valence-electron chi connectivity index (χ2n) is 5.32. The fourth-order valence-corrected chi connectivity index (χ4v) is 1.84. The Morgan fingerprint density at radius 2 is 2.20 bits per heavy atom. The lowest BCUT2D eigenvalue weighted by Gasteiger charge is -2.26. The summed E-state index contributed by atoms with van der Waals surface area (Å²) in [5.74, 6) is -0.0620. The van der Waals surface area contributed by atoms with Crippen LogP contribution >= 0.6 is 0 Å². The number of nitrogens with zero attached hydrogens (tertiary/aromatic N) is 1. The number of nitrogens with two attached hydrogens (primary N) is 1. The highest BCUT2D eigenvalue weighted by Crippen LogP contribution is 2.25. The Morgan fingerprint density at radius 1 is 1.53 bits per heavy atom. The van der Waals surface area contributed by atoms with Crippen molar-refractivity contribution in [3.8, 4) is 0 Å². The van der Waals surface area contributed by atoms with Gasteiger partial charge in [-0.15, -0.1) is 0 Å². The maximum Gasteiger partial charge on any atom is 0.250 e. The van der Waals surface area contributed by atoms with Gasteiger partial charge in [0.15, 0.2) is 0 Å². The minimum absolute atomic E-state index is 0.0462. The zero-order chi connectivity index (χ0) is 11.5. The average Bonchev–Trinajstić information content (AvgIpc) is 2.64. The van der Waals surface area contributed by atoms with Crippen molar-refractivity contribution in [2.24, 2.45) is 17.1 Å². The first-order valence-electron chi connectivity index (χ1n) is 5.58. The van der Waals surface area contributed by atoms with E-state index >= 15 is 0 Å². The number of rotatable bonds is 3. The van der Waals surface area contributed by atoms with Gasteiger partial charge in [-0.25, -0.2) is 5.06 Å². The molecule has 1 aliphatic rings. The van der Waals surface area contributed by atoms with Crippen LogP contribution in [0.15, 0.2) is 0 Å². The van der Waals surface area contributed by atoms with Crippen LogP contribution < -0.4 is 5.73 Å². The monoisotopic (exact) mass is 214 g/mol. The molecule has 4 heteroatoms. The molecular weight excluding hydrogens is 192 g/mol. The summed E-state index contributed by atoms with van der Waals surface area (Å²) < 4.78 is 0. The van der Waals surface area contributed by atoms with Gasteiger partial charge >= 0.3 is 0 Å². The Balaban J connectivity index is 2.53. The van der Waals surface area contributed by atoms with Crippen molar-refractivity contribution in [1.82, 2.24) is 5.06 Å². The van der Waals surface area contributed by atoms with Gasteiger partial charge in [0.2, 0.25) is 0 Å². The third-order valence-electron chi connectivity index (χ3n) is 2.49. The second kappa shape index (κ2) is 4.94. The van der Waals surface area contributed by atoms with Gasteiger partial charge in [-0.3, -0.25) is 9.63 Å². The minimum Gasteiger partial charge on any atom is -0.330 e. The summed E-state index contributed by atoms with van der Waals surface area (Å²) in [7, 11) is 0. The van der Waals surface area contributed by atoms with E-state index < -0.39 is 0 Å². The molecule has 1 atom stereocenters. The molecule has 0 spiro atoms. The lowest BCUT2D eigenvalue weighted by Crippen LogP contribution is -2.38. The third-order valence-corrected chi connectivity index (χ3v) is 2.49. The molecule has 1 amide bonds. The van der Waals surface area contributed by atoms with E-state index in [0.717, 1.165) is 12.8 Å². The highest BCUT2D eigenvalue weighted by Gasteiger charge is 2.29. The van der Waals surface area contributed by atoms with Crippen LogP contribution in [0, 0.1) is 11.3 Å². The van der Waals surface area contributed by atoms with Crippen LogP contribution in [-0.4, -0.2) is 30.7 Å². The molecule has 0 aromatic rings. The summed E-state index contributed by atoms with van der Waals surface area (Å²) >= 11 is 0. The van der Waals surface area contributed by atoms with Crippen molar-refractivity contribution in [2.75, 3.05) is 19.7 Å². The van der Waals surface area contributed by atoms with Gasteiger partial charge in [0.1, 0.15) is 0 Å². The average molecular weight is 214 g/mol. The number of amides is 1. The number of carbonyl (C=O) groups excluding carboxylic acids is 1. The van der Waals surface area contributed by atoms with Gasteiger partial charge in [-0.2, -0.15) is 0 Å². The quantitative estimate of drug-likeness (QED) is 0.767. The molecule has 0 aromatic heterocycles. The van der Waals surface area contributed by atoms with E-state index in [-0.39, 0.29) is 17.2 Å². The maximum absolute atomic E-state index is 12.0. The summed E-state index contributed by atoms with van der Waals surface area (Å²) in [5.41, 5.74) is 5.77. The van der Waals surface area contributed by atoms with Crippen molar-refractivity contribution in [3.05, 3.63) is 0 Å². The van der Waals surface area contributed by atoms with Crippen molar-refractivity contribution in [1.29, 1.82) is 0 Å². The molecule has 4 nitrogen and oxygen atoms in total. The van der Waals surface area contributed by atoms with Crippen molar-refractivity contribution >= 4 is 5.91 Å². The SMILES string of the molecule is CC(C)(C)CC(CN)C(=O)N1CCCO1. The molecule has 0 radical (unpaired) electrons. The summed E-state index contributed by atoms with van der Waals surface area (Å²) in [6.07, 6.45) is 1.74. The predicted octanol–water partition coefficient (Wildman–Crippen LogP) is 1.16. The Hall–Kier alpha value is -0.610. The topological polar surface area (TPSA) is 55.6 Å². The van der Waals surface area contributed by atoms with Gasteiger partial charge in [0.05, 0.1) is 19.1 Å². The molecule has 1 unspecified atom stereocenters. The van der Waals surface area contributed by atoms with Gasteiger partial charge in [-0.05, 0) is 18.3 Å². The second-order valence-corrected chi connectivity index (χ2v) is 5.32. The molecule has 1 fully saturated rings. The van der Waals surface area contributed by atoms with Crippen LogP contribution in [0.1, 0.15) is 33.6 Å². The molecule has 1 heterocycles. The third kappa shape index (κ3) is 3.80. The van der Waals surface area contributed by atoms with Crippen LogP contribution in [0.2, 0.25) is 0 Å². The Labute approximate surface area is 91.7 Å². The van der Waals surface area contributed by atoms with Gasteiger partial charge in [0, 0.05) is 6.54 Å². The molecule has 0 aliphatic carbocycles. The van der Waals surface area contributed by atoms with Crippen molar-refractivity contribution in [2.45, 2.75) is 33.6 Å². The van der Waals surface area contributed by atoms with E-state index in [0.29, 0.717) is 19.7 Å². The normalized spacial score (nSPS) is 19.3. The standard InChI is InChI=1S/C11H22N2O2/c1-11(2,3)7-9(8-12)10(14)13-5-4-6-15-13/h9H,4-8,12H2,1-3H3. The van der Waals surface area contributed by atoms with E-state index in [9.17, 15) is 4.79 Å². The smallest absolute Gasteiger partial charge is 0.250 e. The van der Waals surface area contributed by atoms with Gasteiger partial charge in [-0.1, -0.05) is 20.8 Å². The van der Waals surface area contributed by atoms with Crippen molar-refractivity contribution in [3.63, 3.8) is 0 Å². The highest BCUT2D eigenvalue weighted by atomic mass is 16.7. The molecule has 1 saturated heterocycles. The highest BCUT2D eigenvalue weighted by molar-refractivity contribution is 5.78. The van der Waals surface area contributed by atoms with E-state index in [2.05, 4.69) is 20.8 Å². The molecule has 15 heavy (non-hydrogen) atoms. The molecule has 0 bridgehead atoms. The first-order valence-corrected chi connectivity index (χ1v) is 5.58. The van der Waals surface area contributed by atoms with Gasteiger partial charge in [0.25, 0.3) is 5.91 Å². The van der Waals surface area contributed by atoms with Crippen LogP contribution in [-0.2, 0) is 9.63 Å². The maximum atomic E-state index is 12.0. The van der Waals surface area contributed by atoms with E-state index in [1.165, 1.54) is 5.06 Å². The molecule has 0 aromatic carbocycles. The summed E-state index contributed by atoms with van der Waals surface area (Å²) in [6.45, 7) is 8.11.